The predicted octanol–water partition coefficient (Wildman–Crippen LogP) is 6.70. The Labute approximate surface area is 280 Å². The summed E-state index contributed by atoms with van der Waals surface area (Å²) >= 11 is 1.45. The van der Waals surface area contributed by atoms with E-state index in [1.165, 1.54) is 29.5 Å². The molecule has 2 bridgehead atoms. The van der Waals surface area contributed by atoms with Crippen molar-refractivity contribution in [1.29, 1.82) is 0 Å². The molecule has 48 heavy (non-hydrogen) atoms. The van der Waals surface area contributed by atoms with Gasteiger partial charge in [0.15, 0.2) is 20.5 Å². The number of aromatic nitrogens is 3. The highest BCUT2D eigenvalue weighted by atomic mass is 32.2. The van der Waals surface area contributed by atoms with Gasteiger partial charge < -0.3 is 5.32 Å². The summed E-state index contributed by atoms with van der Waals surface area (Å²) in [6.45, 7) is 0. The Balaban J connectivity index is 1.15. The largest absolute Gasteiger partial charge is 0.351 e. The highest BCUT2D eigenvalue weighted by Crippen LogP contribution is 2.55. The van der Waals surface area contributed by atoms with Crippen LogP contribution in [0.15, 0.2) is 53.6 Å². The summed E-state index contributed by atoms with van der Waals surface area (Å²) in [5, 5.41) is 4.20. The highest BCUT2D eigenvalue weighted by molar-refractivity contribution is 7.93. The number of nitrogens with zero attached hydrogens (tertiary/aromatic N) is 3. The quantitative estimate of drug-likeness (QED) is 0.206. The Morgan fingerprint density at radius 2 is 1.56 bits per heavy atom. The number of hydrogen-bond donors (Lipinski definition) is 2. The molecule has 1 spiro atoms. The normalized spacial score (nSPS) is 24.2. The molecular weight excluding hydrogens is 684 g/mol. The number of anilines is 2. The molecule has 2 N–H and O–H groups in total. The van der Waals surface area contributed by atoms with E-state index in [0.717, 1.165) is 61.7 Å². The van der Waals surface area contributed by atoms with Crippen molar-refractivity contribution in [2.45, 2.75) is 67.7 Å². The van der Waals surface area contributed by atoms with Crippen LogP contribution in [0.4, 0.5) is 24.8 Å². The molecule has 9 nitrogen and oxygen atoms in total. The van der Waals surface area contributed by atoms with E-state index in [-0.39, 0.29) is 33.9 Å². The summed E-state index contributed by atoms with van der Waals surface area (Å²) in [7, 11) is -7.76. The van der Waals surface area contributed by atoms with E-state index in [0.29, 0.717) is 41.0 Å². The van der Waals surface area contributed by atoms with Crippen LogP contribution in [0.2, 0.25) is 0 Å². The average molecular weight is 716 g/mol. The fraction of sp³-hybridized carbons (Fsp3) is 0.424. The molecule has 15 heteroatoms. The molecule has 4 aromatic rings. The minimum absolute atomic E-state index is 0.0165. The van der Waals surface area contributed by atoms with Crippen LogP contribution in [0.5, 0.6) is 0 Å². The molecule has 2 aromatic heterocycles. The monoisotopic (exact) mass is 715 g/mol. The minimum atomic E-state index is -4.83. The zero-order valence-corrected chi connectivity index (χ0v) is 28.1. The lowest BCUT2D eigenvalue weighted by Gasteiger charge is -2.53. The molecule has 2 aromatic carbocycles. The Hall–Kier alpha value is -3.56. The SMILES string of the molecule is O=S1(=O)CC2(CC(Nc3nccc(-c4sc(C56CCC(CC5)CC6)nc4-c4cccc(NS(=O)(=O)c5c(F)cccc5F)c4F)n3)C2)C1. The zero-order valence-electron chi connectivity index (χ0n) is 25.7. The summed E-state index contributed by atoms with van der Waals surface area (Å²) in [5.74, 6) is -2.03. The van der Waals surface area contributed by atoms with Gasteiger partial charge in [-0.05, 0) is 87.6 Å². The van der Waals surface area contributed by atoms with Crippen molar-refractivity contribution >= 4 is 42.8 Å². The average Bonchev–Trinajstić information content (AvgIpc) is 3.47. The third kappa shape index (κ3) is 5.47. The van der Waals surface area contributed by atoms with Crippen LogP contribution in [0.3, 0.4) is 0 Å². The fourth-order valence-electron chi connectivity index (χ4n) is 8.15. The maximum absolute atomic E-state index is 16.4. The number of sulfone groups is 1. The van der Waals surface area contributed by atoms with Crippen molar-refractivity contribution in [1.82, 2.24) is 15.0 Å². The summed E-state index contributed by atoms with van der Waals surface area (Å²) < 4.78 is 96.8. The molecule has 9 rings (SSSR count). The minimum Gasteiger partial charge on any atom is -0.351 e. The summed E-state index contributed by atoms with van der Waals surface area (Å²) in [6.07, 6.45) is 9.29. The molecule has 5 fully saturated rings. The number of sulfonamides is 1. The second kappa shape index (κ2) is 11.2. The predicted molar refractivity (Wildman–Crippen MR) is 176 cm³/mol. The summed E-state index contributed by atoms with van der Waals surface area (Å²) in [6, 6.07) is 8.57. The first-order valence-electron chi connectivity index (χ1n) is 15.9. The van der Waals surface area contributed by atoms with Gasteiger partial charge in [0.1, 0.15) is 16.6 Å². The number of benzene rings is 2. The summed E-state index contributed by atoms with van der Waals surface area (Å²) in [4.78, 5) is 13.6. The molecule has 4 aliphatic carbocycles. The topological polar surface area (TPSA) is 131 Å². The van der Waals surface area contributed by atoms with Crippen molar-refractivity contribution in [3.63, 3.8) is 0 Å². The van der Waals surface area contributed by atoms with Crippen LogP contribution in [0.25, 0.3) is 21.8 Å². The second-order valence-corrected chi connectivity index (χ2v) is 18.5. The second-order valence-electron chi connectivity index (χ2n) is 13.8. The molecule has 0 radical (unpaired) electrons. The Morgan fingerprint density at radius 3 is 2.23 bits per heavy atom. The van der Waals surface area contributed by atoms with Crippen molar-refractivity contribution in [3.05, 3.63) is 71.1 Å². The summed E-state index contributed by atoms with van der Waals surface area (Å²) in [5.41, 5.74) is 0.0403. The van der Waals surface area contributed by atoms with E-state index in [4.69, 9.17) is 9.97 Å². The molecule has 4 saturated carbocycles. The van der Waals surface area contributed by atoms with Crippen molar-refractivity contribution in [2.75, 3.05) is 21.5 Å². The van der Waals surface area contributed by atoms with Gasteiger partial charge in [0.2, 0.25) is 5.95 Å². The van der Waals surface area contributed by atoms with E-state index in [1.807, 2.05) is 4.72 Å². The van der Waals surface area contributed by atoms with Crippen LogP contribution in [0, 0.1) is 28.8 Å². The number of nitrogens with one attached hydrogen (secondary N) is 2. The smallest absolute Gasteiger partial charge is 0.267 e. The van der Waals surface area contributed by atoms with E-state index in [2.05, 4.69) is 10.3 Å². The third-order valence-electron chi connectivity index (χ3n) is 10.5. The van der Waals surface area contributed by atoms with Gasteiger partial charge in [0, 0.05) is 28.6 Å². The Bertz CT molecular complexity index is 2110. The Morgan fingerprint density at radius 1 is 0.896 bits per heavy atom. The Kier molecular flexibility index (Phi) is 7.42. The third-order valence-corrected chi connectivity index (χ3v) is 15.3. The van der Waals surface area contributed by atoms with Gasteiger partial charge in [-0.25, -0.2) is 45.0 Å². The van der Waals surface area contributed by atoms with Crippen LogP contribution >= 0.6 is 11.3 Å². The van der Waals surface area contributed by atoms with Gasteiger partial charge >= 0.3 is 0 Å². The van der Waals surface area contributed by atoms with Crippen molar-refractivity contribution in [3.8, 4) is 21.8 Å². The number of hydrogen-bond acceptors (Lipinski definition) is 9. The van der Waals surface area contributed by atoms with Gasteiger partial charge in [0.25, 0.3) is 10.0 Å². The zero-order chi connectivity index (χ0) is 33.5. The van der Waals surface area contributed by atoms with Gasteiger partial charge in [-0.1, -0.05) is 12.1 Å². The molecule has 0 atom stereocenters. The maximum Gasteiger partial charge on any atom is 0.267 e. The molecule has 0 amide bonds. The van der Waals surface area contributed by atoms with E-state index in [1.54, 1.807) is 12.3 Å². The number of rotatable bonds is 8. The van der Waals surface area contributed by atoms with Crippen molar-refractivity contribution in [2.24, 2.45) is 11.3 Å². The molecule has 5 aliphatic rings. The first kappa shape index (κ1) is 31.7. The van der Waals surface area contributed by atoms with E-state index >= 15 is 4.39 Å². The van der Waals surface area contributed by atoms with E-state index < -0.39 is 47.9 Å². The maximum atomic E-state index is 16.4. The van der Waals surface area contributed by atoms with Crippen LogP contribution < -0.4 is 10.0 Å². The lowest BCUT2D eigenvalue weighted by molar-refractivity contribution is 0.135. The number of fused-ring (bicyclic) bond motifs is 3. The molecule has 3 heterocycles. The number of halogens is 3. The van der Waals surface area contributed by atoms with Crippen molar-refractivity contribution < 1.29 is 30.0 Å². The first-order chi connectivity index (χ1) is 22.8. The number of thiazole rings is 1. The molecule has 252 valence electrons. The molecule has 1 aliphatic heterocycles. The fourth-order valence-corrected chi connectivity index (χ4v) is 12.9. The standard InChI is InChI=1S/C33H32F3N5O4S3/c34-22-4-2-5-23(35)29(22)48(44,45)41-24-6-1-3-21(26(24)36)27-28(46-30(40-27)33-11-7-19(8-12-33)9-13-33)25-10-14-37-31(39-25)38-20-15-32(16-20)17-47(42,43)18-32/h1-6,10,14,19-20,41H,7-9,11-13,15-18H2,(H,37,38,39). The van der Waals surface area contributed by atoms with Gasteiger partial charge in [-0.15, -0.1) is 11.3 Å². The van der Waals surface area contributed by atoms with Gasteiger partial charge in [0.05, 0.1) is 33.5 Å². The molecule has 1 saturated heterocycles. The van der Waals surface area contributed by atoms with Crippen LogP contribution in [0.1, 0.15) is 56.4 Å². The lowest BCUT2D eigenvalue weighted by atomic mass is 9.61. The van der Waals surface area contributed by atoms with E-state index in [9.17, 15) is 25.6 Å². The first-order valence-corrected chi connectivity index (χ1v) is 20.0. The van der Waals surface area contributed by atoms with Gasteiger partial charge in [-0.3, -0.25) is 4.72 Å². The van der Waals surface area contributed by atoms with Crippen LogP contribution in [-0.4, -0.2) is 49.3 Å². The highest BCUT2D eigenvalue weighted by Gasteiger charge is 2.56. The molecular formula is C33H32F3N5O4S3. The molecule has 0 unspecified atom stereocenters. The van der Waals surface area contributed by atoms with Gasteiger partial charge in [-0.2, -0.15) is 0 Å². The van der Waals surface area contributed by atoms with Crippen LogP contribution in [-0.2, 0) is 25.3 Å². The lowest BCUT2D eigenvalue weighted by Crippen LogP contribution is -2.60.